The zero-order chi connectivity index (χ0) is 12.3. The first-order chi connectivity index (χ1) is 7.32. The molecule has 0 aromatic rings. The summed E-state index contributed by atoms with van der Waals surface area (Å²) < 4.78 is 46.8. The first kappa shape index (κ1) is 13.8. The molecule has 0 radical (unpaired) electrons. The van der Waals surface area contributed by atoms with Gasteiger partial charge in [0.1, 0.15) is 6.10 Å². The van der Waals surface area contributed by atoms with Crippen LogP contribution in [-0.4, -0.2) is 50.1 Å². The summed E-state index contributed by atoms with van der Waals surface area (Å²) >= 11 is 0. The van der Waals surface area contributed by atoms with Crippen LogP contribution in [0.2, 0.25) is 0 Å². The van der Waals surface area contributed by atoms with Gasteiger partial charge < -0.3 is 10.4 Å². The van der Waals surface area contributed by atoms with Crippen molar-refractivity contribution in [2.24, 2.45) is 0 Å². The van der Waals surface area contributed by atoms with Gasteiger partial charge in [-0.2, -0.15) is 0 Å². The third-order valence-electron chi connectivity index (χ3n) is 2.88. The minimum absolute atomic E-state index is 0.269. The zero-order valence-corrected chi connectivity index (χ0v) is 9.88. The highest BCUT2D eigenvalue weighted by atomic mass is 32.2. The van der Waals surface area contributed by atoms with Gasteiger partial charge in [0, 0.05) is 18.8 Å². The largest absolute Gasteiger partial charge is 0.386 e. The van der Waals surface area contributed by atoms with Crippen LogP contribution in [0.15, 0.2) is 0 Å². The van der Waals surface area contributed by atoms with Crippen molar-refractivity contribution in [2.45, 2.75) is 43.1 Å². The lowest BCUT2D eigenvalue weighted by Crippen LogP contribution is -2.44. The van der Waals surface area contributed by atoms with Crippen LogP contribution in [0.25, 0.3) is 0 Å². The van der Waals surface area contributed by atoms with E-state index in [4.69, 9.17) is 5.11 Å². The summed E-state index contributed by atoms with van der Waals surface area (Å²) in [4.78, 5) is 0. The van der Waals surface area contributed by atoms with Crippen LogP contribution in [0.3, 0.4) is 0 Å². The van der Waals surface area contributed by atoms with Crippen molar-refractivity contribution >= 4 is 9.84 Å². The monoisotopic (exact) mass is 257 g/mol. The minimum Gasteiger partial charge on any atom is -0.386 e. The van der Waals surface area contributed by atoms with Crippen molar-refractivity contribution in [1.29, 1.82) is 0 Å². The molecule has 0 saturated heterocycles. The van der Waals surface area contributed by atoms with Crippen LogP contribution < -0.4 is 5.32 Å². The van der Waals surface area contributed by atoms with Gasteiger partial charge in [-0.1, -0.05) is 6.42 Å². The van der Waals surface area contributed by atoms with Gasteiger partial charge in [0.05, 0.1) is 5.25 Å². The normalized spacial score (nSPS) is 28.6. The van der Waals surface area contributed by atoms with E-state index in [1.165, 1.54) is 0 Å². The van der Waals surface area contributed by atoms with Crippen LogP contribution >= 0.6 is 0 Å². The number of aliphatic hydroxyl groups excluding tert-OH is 1. The summed E-state index contributed by atoms with van der Waals surface area (Å²) in [7, 11) is -3.15. The Morgan fingerprint density at radius 2 is 2.06 bits per heavy atom. The summed E-state index contributed by atoms with van der Waals surface area (Å²) in [5, 5.41) is 11.1. The Kier molecular flexibility index (Phi) is 4.63. The predicted molar refractivity (Wildman–Crippen MR) is 56.3 cm³/mol. The fourth-order valence-electron chi connectivity index (χ4n) is 2.03. The lowest BCUT2D eigenvalue weighted by atomic mass is 10.2. The maximum atomic E-state index is 12.0. The van der Waals surface area contributed by atoms with Crippen LogP contribution in [0.1, 0.15) is 19.3 Å². The van der Waals surface area contributed by atoms with Gasteiger partial charge in [-0.05, 0) is 12.8 Å². The van der Waals surface area contributed by atoms with Gasteiger partial charge in [0.25, 0.3) is 6.43 Å². The third kappa shape index (κ3) is 3.64. The van der Waals surface area contributed by atoms with E-state index in [9.17, 15) is 17.2 Å². The van der Waals surface area contributed by atoms with Crippen LogP contribution in [0.4, 0.5) is 8.78 Å². The molecule has 3 atom stereocenters. The molecule has 2 N–H and O–H groups in total. The number of aliphatic hydroxyl groups is 1. The van der Waals surface area contributed by atoms with E-state index in [0.717, 1.165) is 12.7 Å². The van der Waals surface area contributed by atoms with Gasteiger partial charge in [-0.15, -0.1) is 0 Å². The fourth-order valence-corrected chi connectivity index (χ4v) is 3.46. The quantitative estimate of drug-likeness (QED) is 0.736. The molecule has 96 valence electrons. The number of sulfone groups is 1. The van der Waals surface area contributed by atoms with Crippen molar-refractivity contribution < 1.29 is 22.3 Å². The molecule has 0 amide bonds. The second-order valence-corrected chi connectivity index (χ2v) is 6.48. The highest BCUT2D eigenvalue weighted by Crippen LogP contribution is 2.25. The Morgan fingerprint density at radius 1 is 1.44 bits per heavy atom. The maximum Gasteiger partial charge on any atom is 0.265 e. The number of alkyl halides is 2. The topological polar surface area (TPSA) is 66.4 Å². The summed E-state index contributed by atoms with van der Waals surface area (Å²) in [5.41, 5.74) is 0. The molecule has 1 rings (SSSR count). The van der Waals surface area contributed by atoms with Crippen molar-refractivity contribution in [3.8, 4) is 0 Å². The molecule has 1 fully saturated rings. The Labute approximate surface area is 94.0 Å². The van der Waals surface area contributed by atoms with Crippen LogP contribution in [0, 0.1) is 0 Å². The zero-order valence-electron chi connectivity index (χ0n) is 9.07. The first-order valence-electron chi connectivity index (χ1n) is 5.21. The van der Waals surface area contributed by atoms with Crippen molar-refractivity contribution in [3.05, 3.63) is 0 Å². The number of hydrogen-bond donors (Lipinski definition) is 2. The molecule has 16 heavy (non-hydrogen) atoms. The van der Waals surface area contributed by atoms with Gasteiger partial charge in [-0.3, -0.25) is 0 Å². The van der Waals surface area contributed by atoms with E-state index < -0.39 is 27.6 Å². The summed E-state index contributed by atoms with van der Waals surface area (Å²) in [6.07, 6.45) is -1.41. The molecular formula is C9H17F2NO3S. The van der Waals surface area contributed by atoms with E-state index in [1.807, 2.05) is 0 Å². The Bertz CT molecular complexity index is 321. The number of hydrogen-bond acceptors (Lipinski definition) is 4. The average Bonchev–Trinajstić information content (AvgIpc) is 2.60. The highest BCUT2D eigenvalue weighted by Gasteiger charge is 2.35. The Balaban J connectivity index is 2.48. The molecule has 1 saturated carbocycles. The maximum absolute atomic E-state index is 12.0. The van der Waals surface area contributed by atoms with E-state index in [1.54, 1.807) is 0 Å². The van der Waals surface area contributed by atoms with E-state index in [-0.39, 0.29) is 12.6 Å². The molecule has 1 aliphatic carbocycles. The molecule has 7 heteroatoms. The van der Waals surface area contributed by atoms with Gasteiger partial charge in [0.15, 0.2) is 9.84 Å². The minimum atomic E-state index is -3.15. The molecule has 0 heterocycles. The third-order valence-corrected chi connectivity index (χ3v) is 4.55. The highest BCUT2D eigenvalue weighted by molar-refractivity contribution is 7.91. The second kappa shape index (κ2) is 5.37. The van der Waals surface area contributed by atoms with E-state index >= 15 is 0 Å². The molecule has 0 aromatic heterocycles. The Hall–Kier alpha value is -0.270. The second-order valence-electron chi connectivity index (χ2n) is 4.22. The lowest BCUT2D eigenvalue weighted by Gasteiger charge is -2.21. The Morgan fingerprint density at radius 3 is 2.56 bits per heavy atom. The van der Waals surface area contributed by atoms with Gasteiger partial charge >= 0.3 is 0 Å². The molecule has 0 bridgehead atoms. The predicted octanol–water partition coefficient (Wildman–Crippen LogP) is 0.168. The smallest absolute Gasteiger partial charge is 0.265 e. The van der Waals surface area contributed by atoms with E-state index in [2.05, 4.69) is 5.32 Å². The fraction of sp³-hybridized carbons (Fsp3) is 1.00. The van der Waals surface area contributed by atoms with Crippen molar-refractivity contribution in [3.63, 3.8) is 0 Å². The average molecular weight is 257 g/mol. The van der Waals surface area contributed by atoms with Gasteiger partial charge in [0.2, 0.25) is 0 Å². The van der Waals surface area contributed by atoms with Crippen LogP contribution in [-0.2, 0) is 9.84 Å². The van der Waals surface area contributed by atoms with E-state index in [0.29, 0.717) is 12.8 Å². The molecular weight excluding hydrogens is 240 g/mol. The molecule has 1 aliphatic rings. The molecule has 3 unspecified atom stereocenters. The van der Waals surface area contributed by atoms with Crippen molar-refractivity contribution in [1.82, 2.24) is 5.32 Å². The first-order valence-corrected chi connectivity index (χ1v) is 7.16. The SMILES string of the molecule is CS(=O)(=O)C1CCCC1NCC(O)C(F)F. The van der Waals surface area contributed by atoms with Gasteiger partial charge in [-0.25, -0.2) is 17.2 Å². The summed E-state index contributed by atoms with van der Waals surface area (Å²) in [5.74, 6) is 0. The van der Waals surface area contributed by atoms with Crippen LogP contribution in [0.5, 0.6) is 0 Å². The molecule has 0 aliphatic heterocycles. The lowest BCUT2D eigenvalue weighted by molar-refractivity contribution is -0.00446. The summed E-state index contributed by atoms with van der Waals surface area (Å²) in [6, 6.07) is -0.316. The number of nitrogens with one attached hydrogen (secondary N) is 1. The molecule has 4 nitrogen and oxygen atoms in total. The summed E-state index contributed by atoms with van der Waals surface area (Å²) in [6.45, 7) is -0.269. The standard InChI is InChI=1S/C9H17F2NO3S/c1-16(14,15)8-4-2-3-6(8)12-5-7(13)9(10)11/h6-9,12-13H,2-5H2,1H3. The molecule has 0 spiro atoms. The molecule has 0 aromatic carbocycles. The number of rotatable bonds is 5. The number of halogens is 2. The van der Waals surface area contributed by atoms with Crippen molar-refractivity contribution in [2.75, 3.05) is 12.8 Å².